The molecule has 1 aliphatic heterocycles. The Kier molecular flexibility index (Phi) is 5.33. The summed E-state index contributed by atoms with van der Waals surface area (Å²) in [5.41, 5.74) is -0.0932. The van der Waals surface area contributed by atoms with E-state index in [0.717, 1.165) is 19.5 Å². The van der Waals surface area contributed by atoms with Crippen molar-refractivity contribution in [2.45, 2.75) is 20.3 Å². The number of alkyl halides is 1. The molecule has 13 heavy (non-hydrogen) atoms. The Hall–Kier alpha value is -0.280. The third kappa shape index (κ3) is 3.53. The van der Waals surface area contributed by atoms with Crippen LogP contribution < -0.4 is 5.32 Å². The largest absolute Gasteiger partial charge is 0.481 e. The molecule has 0 radical (unpaired) electrons. The van der Waals surface area contributed by atoms with Crippen molar-refractivity contribution >= 4 is 17.6 Å². The van der Waals surface area contributed by atoms with E-state index in [0.29, 0.717) is 0 Å². The highest BCUT2D eigenvalue weighted by Gasteiger charge is 2.36. The first kappa shape index (κ1) is 12.7. The highest BCUT2D eigenvalue weighted by Crippen LogP contribution is 2.31. The molecule has 0 spiro atoms. The Balaban J connectivity index is 0.000000671. The summed E-state index contributed by atoms with van der Waals surface area (Å²) >= 11 is 4.64. The van der Waals surface area contributed by atoms with E-state index in [1.165, 1.54) is 6.38 Å². The minimum Gasteiger partial charge on any atom is -0.481 e. The number of carbonyl (C=O) groups is 1. The van der Waals surface area contributed by atoms with Crippen LogP contribution in [0.3, 0.4) is 0 Å². The Labute approximate surface area is 84.5 Å². The molecule has 0 aromatic heterocycles. The first-order valence-corrected chi connectivity index (χ1v) is 5.11. The van der Waals surface area contributed by atoms with E-state index in [9.17, 15) is 4.79 Å². The molecule has 1 aliphatic rings. The summed E-state index contributed by atoms with van der Waals surface area (Å²) in [6.45, 7) is 5.64. The summed E-state index contributed by atoms with van der Waals surface area (Å²) in [6, 6.07) is 0. The van der Waals surface area contributed by atoms with Crippen LogP contribution in [0.1, 0.15) is 20.3 Å². The Morgan fingerprint density at radius 1 is 1.54 bits per heavy atom. The monoisotopic (exact) mass is 207 g/mol. The molecule has 1 saturated heterocycles. The molecule has 0 bridgehead atoms. The van der Waals surface area contributed by atoms with E-state index in [1.807, 2.05) is 13.8 Å². The quantitative estimate of drug-likeness (QED) is 0.642. The molecule has 1 atom stereocenters. The zero-order valence-corrected chi connectivity index (χ0v) is 9.19. The summed E-state index contributed by atoms with van der Waals surface area (Å²) in [7, 11) is 0. The number of hydrogen-bond acceptors (Lipinski definition) is 2. The van der Waals surface area contributed by atoms with Crippen LogP contribution in [-0.2, 0) is 4.79 Å². The van der Waals surface area contributed by atoms with Crippen molar-refractivity contribution < 1.29 is 9.90 Å². The minimum atomic E-state index is -0.656. The zero-order valence-electron chi connectivity index (χ0n) is 8.43. The summed E-state index contributed by atoms with van der Waals surface area (Å²) in [5.74, 6) is -0.833. The highest BCUT2D eigenvalue weighted by atomic mass is 35.5. The second-order valence-electron chi connectivity index (χ2n) is 3.84. The molecule has 78 valence electrons. The van der Waals surface area contributed by atoms with Gasteiger partial charge in [-0.1, -0.05) is 13.8 Å². The molecule has 3 nitrogen and oxygen atoms in total. The van der Waals surface area contributed by atoms with Gasteiger partial charge in [-0.3, -0.25) is 4.79 Å². The number of aliphatic carboxylic acids is 1. The van der Waals surface area contributed by atoms with Crippen molar-refractivity contribution in [1.29, 1.82) is 0 Å². The summed E-state index contributed by atoms with van der Waals surface area (Å²) in [5, 5.41) is 12.0. The van der Waals surface area contributed by atoms with Crippen LogP contribution in [0.15, 0.2) is 0 Å². The average Bonchev–Trinajstić information content (AvgIpc) is 2.06. The van der Waals surface area contributed by atoms with Gasteiger partial charge in [0.05, 0.1) is 5.92 Å². The molecule has 1 heterocycles. The fourth-order valence-corrected chi connectivity index (χ4v) is 1.63. The van der Waals surface area contributed by atoms with Gasteiger partial charge in [0.2, 0.25) is 0 Å². The van der Waals surface area contributed by atoms with Gasteiger partial charge in [-0.2, -0.15) is 0 Å². The molecule has 0 aliphatic carbocycles. The predicted molar refractivity (Wildman–Crippen MR) is 54.2 cm³/mol. The van der Waals surface area contributed by atoms with Crippen molar-refractivity contribution in [2.75, 3.05) is 19.5 Å². The van der Waals surface area contributed by atoms with E-state index in [-0.39, 0.29) is 11.3 Å². The second kappa shape index (κ2) is 5.45. The molecule has 0 aromatic rings. The van der Waals surface area contributed by atoms with E-state index in [2.05, 4.69) is 16.9 Å². The fraction of sp³-hybridized carbons (Fsp3) is 0.889. The molecule has 0 saturated carbocycles. The number of hydrogen-bond donors (Lipinski definition) is 2. The summed E-state index contributed by atoms with van der Waals surface area (Å²) < 4.78 is 0. The third-order valence-corrected chi connectivity index (χ3v) is 2.43. The fourth-order valence-electron chi connectivity index (χ4n) is 1.63. The second-order valence-corrected chi connectivity index (χ2v) is 3.84. The Morgan fingerprint density at radius 2 is 2.08 bits per heavy atom. The SMILES string of the molecule is CC1(C)CNCCC1C(=O)O.CCl. The van der Waals surface area contributed by atoms with Crippen molar-refractivity contribution in [2.24, 2.45) is 11.3 Å². The normalized spacial score (nSPS) is 25.7. The van der Waals surface area contributed by atoms with Gasteiger partial charge in [-0.15, -0.1) is 11.6 Å². The van der Waals surface area contributed by atoms with Crippen LogP contribution >= 0.6 is 11.6 Å². The van der Waals surface area contributed by atoms with Crippen molar-refractivity contribution in [3.63, 3.8) is 0 Å². The lowest BCUT2D eigenvalue weighted by Gasteiger charge is -2.36. The van der Waals surface area contributed by atoms with Gasteiger partial charge in [0.1, 0.15) is 0 Å². The van der Waals surface area contributed by atoms with Gasteiger partial charge < -0.3 is 10.4 Å². The molecule has 1 unspecified atom stereocenters. The maximum atomic E-state index is 10.7. The number of carboxylic acids is 1. The van der Waals surface area contributed by atoms with Crippen LogP contribution in [-0.4, -0.2) is 30.5 Å². The maximum Gasteiger partial charge on any atom is 0.307 e. The van der Waals surface area contributed by atoms with E-state index in [1.54, 1.807) is 0 Å². The van der Waals surface area contributed by atoms with Crippen LogP contribution in [0.2, 0.25) is 0 Å². The molecule has 0 aromatic carbocycles. The van der Waals surface area contributed by atoms with Gasteiger partial charge in [0.15, 0.2) is 0 Å². The van der Waals surface area contributed by atoms with Gasteiger partial charge in [0.25, 0.3) is 0 Å². The average molecular weight is 208 g/mol. The lowest BCUT2D eigenvalue weighted by atomic mass is 9.75. The Morgan fingerprint density at radius 3 is 2.38 bits per heavy atom. The molecular weight excluding hydrogens is 190 g/mol. The number of halogens is 1. The number of piperidine rings is 1. The van der Waals surface area contributed by atoms with Gasteiger partial charge in [-0.05, 0) is 18.4 Å². The predicted octanol–water partition coefficient (Wildman–Crippen LogP) is 1.56. The standard InChI is InChI=1S/C8H15NO2.CH3Cl/c1-8(2)5-9-4-3-6(8)7(10)11;1-2/h6,9H,3-5H2,1-2H3,(H,10,11);1H3. The van der Waals surface area contributed by atoms with Crippen molar-refractivity contribution in [3.8, 4) is 0 Å². The number of carboxylic acid groups (broad SMARTS) is 1. The van der Waals surface area contributed by atoms with Gasteiger partial charge in [0, 0.05) is 12.9 Å². The van der Waals surface area contributed by atoms with Crippen LogP contribution in [0.5, 0.6) is 0 Å². The number of rotatable bonds is 1. The van der Waals surface area contributed by atoms with Crippen molar-refractivity contribution in [1.82, 2.24) is 5.32 Å². The molecule has 0 amide bonds. The summed E-state index contributed by atoms with van der Waals surface area (Å²) in [6.07, 6.45) is 2.22. The first-order valence-electron chi connectivity index (χ1n) is 4.35. The van der Waals surface area contributed by atoms with Crippen LogP contribution in [0.4, 0.5) is 0 Å². The van der Waals surface area contributed by atoms with Gasteiger partial charge >= 0.3 is 5.97 Å². The maximum absolute atomic E-state index is 10.7. The topological polar surface area (TPSA) is 49.3 Å². The zero-order chi connectivity index (χ0) is 10.5. The molecule has 1 rings (SSSR count). The smallest absolute Gasteiger partial charge is 0.307 e. The molecule has 4 heteroatoms. The lowest BCUT2D eigenvalue weighted by Crippen LogP contribution is -2.45. The minimum absolute atomic E-state index is 0.0932. The van der Waals surface area contributed by atoms with E-state index < -0.39 is 5.97 Å². The molecular formula is C9H18ClNO2. The first-order chi connectivity index (χ1) is 6.04. The van der Waals surface area contributed by atoms with Gasteiger partial charge in [-0.25, -0.2) is 0 Å². The van der Waals surface area contributed by atoms with Crippen LogP contribution in [0.25, 0.3) is 0 Å². The highest BCUT2D eigenvalue weighted by molar-refractivity contribution is 6.15. The molecule has 1 fully saturated rings. The van der Waals surface area contributed by atoms with E-state index >= 15 is 0 Å². The van der Waals surface area contributed by atoms with E-state index in [4.69, 9.17) is 5.11 Å². The lowest BCUT2D eigenvalue weighted by molar-refractivity contribution is -0.147. The molecule has 2 N–H and O–H groups in total. The summed E-state index contributed by atoms with van der Waals surface area (Å²) in [4.78, 5) is 10.7. The third-order valence-electron chi connectivity index (χ3n) is 2.43. The van der Waals surface area contributed by atoms with Crippen molar-refractivity contribution in [3.05, 3.63) is 0 Å². The Bertz CT molecular complexity index is 171. The number of nitrogens with one attached hydrogen (secondary N) is 1. The van der Waals surface area contributed by atoms with Crippen LogP contribution in [0, 0.1) is 11.3 Å².